The molecular formula is C18H24N2O3S. The SMILES string of the molecule is CCC(N1CCOCC1)N(C)S(=O)(=O)c1cccc2ccccc12. The van der Waals surface area contributed by atoms with Crippen molar-refractivity contribution in [2.24, 2.45) is 0 Å². The molecule has 2 aromatic carbocycles. The van der Waals surface area contributed by atoms with E-state index < -0.39 is 10.0 Å². The Hall–Kier alpha value is -1.47. The van der Waals surface area contributed by atoms with Crippen LogP contribution in [0.2, 0.25) is 0 Å². The Kier molecular flexibility index (Phi) is 5.20. The van der Waals surface area contributed by atoms with Crippen LogP contribution in [0.15, 0.2) is 47.4 Å². The van der Waals surface area contributed by atoms with E-state index in [4.69, 9.17) is 4.74 Å². The van der Waals surface area contributed by atoms with Gasteiger partial charge in [0.1, 0.15) is 0 Å². The number of hydrogen-bond acceptors (Lipinski definition) is 4. The Balaban J connectivity index is 1.98. The maximum Gasteiger partial charge on any atom is 0.244 e. The molecule has 3 rings (SSSR count). The van der Waals surface area contributed by atoms with Crippen LogP contribution in [-0.2, 0) is 14.8 Å². The van der Waals surface area contributed by atoms with Crippen LogP contribution in [0.5, 0.6) is 0 Å². The first-order valence-corrected chi connectivity index (χ1v) is 9.77. The Bertz CT molecular complexity index is 796. The zero-order valence-electron chi connectivity index (χ0n) is 14.2. The van der Waals surface area contributed by atoms with Crippen LogP contribution in [0, 0.1) is 0 Å². The summed E-state index contributed by atoms with van der Waals surface area (Å²) in [5, 5.41) is 1.70. The van der Waals surface area contributed by atoms with Gasteiger partial charge >= 0.3 is 0 Å². The normalized spacial score (nSPS) is 18.1. The van der Waals surface area contributed by atoms with E-state index in [1.165, 1.54) is 4.31 Å². The highest BCUT2D eigenvalue weighted by molar-refractivity contribution is 7.89. The first kappa shape index (κ1) is 17.4. The molecule has 130 valence electrons. The third-order valence-corrected chi connectivity index (χ3v) is 6.57. The Morgan fingerprint density at radius 1 is 1.12 bits per heavy atom. The zero-order valence-corrected chi connectivity index (χ0v) is 15.0. The first-order chi connectivity index (χ1) is 11.6. The molecular weight excluding hydrogens is 324 g/mol. The van der Waals surface area contributed by atoms with E-state index in [1.807, 2.05) is 37.3 Å². The molecule has 0 aromatic heterocycles. The van der Waals surface area contributed by atoms with E-state index >= 15 is 0 Å². The summed E-state index contributed by atoms with van der Waals surface area (Å²) in [4.78, 5) is 2.56. The molecule has 0 N–H and O–H groups in total. The molecule has 0 bridgehead atoms. The summed E-state index contributed by atoms with van der Waals surface area (Å²) >= 11 is 0. The first-order valence-electron chi connectivity index (χ1n) is 8.33. The maximum absolute atomic E-state index is 13.3. The number of benzene rings is 2. The van der Waals surface area contributed by atoms with Gasteiger partial charge in [-0.25, -0.2) is 8.42 Å². The van der Waals surface area contributed by atoms with Crippen LogP contribution in [0.25, 0.3) is 10.8 Å². The monoisotopic (exact) mass is 348 g/mol. The lowest BCUT2D eigenvalue weighted by molar-refractivity contribution is -0.00792. The predicted molar refractivity (Wildman–Crippen MR) is 95.4 cm³/mol. The van der Waals surface area contributed by atoms with Gasteiger partial charge in [0.25, 0.3) is 0 Å². The van der Waals surface area contributed by atoms with Crippen molar-refractivity contribution in [2.75, 3.05) is 33.4 Å². The summed E-state index contributed by atoms with van der Waals surface area (Å²) in [6.45, 7) is 4.84. The topological polar surface area (TPSA) is 49.9 Å². The van der Waals surface area contributed by atoms with E-state index in [9.17, 15) is 8.42 Å². The highest BCUT2D eigenvalue weighted by atomic mass is 32.2. The summed E-state index contributed by atoms with van der Waals surface area (Å²) < 4.78 is 33.4. The number of sulfonamides is 1. The third kappa shape index (κ3) is 3.19. The van der Waals surface area contributed by atoms with Crippen molar-refractivity contribution in [2.45, 2.75) is 24.4 Å². The van der Waals surface area contributed by atoms with Crippen LogP contribution in [0.3, 0.4) is 0 Å². The molecule has 2 aromatic rings. The van der Waals surface area contributed by atoms with Gasteiger partial charge in [-0.05, 0) is 17.9 Å². The van der Waals surface area contributed by atoms with E-state index in [-0.39, 0.29) is 6.17 Å². The summed E-state index contributed by atoms with van der Waals surface area (Å²) in [7, 11) is -1.89. The van der Waals surface area contributed by atoms with E-state index in [1.54, 1.807) is 19.2 Å². The van der Waals surface area contributed by atoms with Crippen molar-refractivity contribution in [1.82, 2.24) is 9.21 Å². The summed E-state index contributed by atoms with van der Waals surface area (Å²) in [6.07, 6.45) is 0.582. The fourth-order valence-corrected chi connectivity index (χ4v) is 4.98. The fraction of sp³-hybridized carbons (Fsp3) is 0.444. The van der Waals surface area contributed by atoms with Crippen LogP contribution in [-0.4, -0.2) is 57.1 Å². The van der Waals surface area contributed by atoms with Crippen molar-refractivity contribution in [1.29, 1.82) is 0 Å². The molecule has 24 heavy (non-hydrogen) atoms. The molecule has 1 heterocycles. The van der Waals surface area contributed by atoms with Gasteiger partial charge in [0.05, 0.1) is 24.3 Å². The largest absolute Gasteiger partial charge is 0.379 e. The molecule has 0 radical (unpaired) electrons. The number of nitrogens with zero attached hydrogens (tertiary/aromatic N) is 2. The van der Waals surface area contributed by atoms with Gasteiger partial charge in [-0.1, -0.05) is 43.3 Å². The average molecular weight is 348 g/mol. The second-order valence-electron chi connectivity index (χ2n) is 6.04. The van der Waals surface area contributed by atoms with Crippen LogP contribution in [0.1, 0.15) is 13.3 Å². The van der Waals surface area contributed by atoms with Crippen molar-refractivity contribution in [3.8, 4) is 0 Å². The van der Waals surface area contributed by atoms with Crippen LogP contribution < -0.4 is 0 Å². The quantitative estimate of drug-likeness (QED) is 0.833. The van der Waals surface area contributed by atoms with Crippen LogP contribution in [0.4, 0.5) is 0 Å². The molecule has 5 nitrogen and oxygen atoms in total. The predicted octanol–water partition coefficient (Wildman–Crippen LogP) is 2.53. The minimum Gasteiger partial charge on any atom is -0.379 e. The molecule has 1 saturated heterocycles. The maximum atomic E-state index is 13.3. The van der Waals surface area contributed by atoms with Crippen molar-refractivity contribution < 1.29 is 13.2 Å². The summed E-state index contributed by atoms with van der Waals surface area (Å²) in [5.74, 6) is 0. The van der Waals surface area contributed by atoms with Crippen molar-refractivity contribution in [3.63, 3.8) is 0 Å². The summed E-state index contributed by atoms with van der Waals surface area (Å²) in [5.41, 5.74) is 0. The van der Waals surface area contributed by atoms with Gasteiger partial charge in [-0.2, -0.15) is 4.31 Å². The van der Waals surface area contributed by atoms with Gasteiger partial charge < -0.3 is 4.74 Å². The molecule has 6 heteroatoms. The fourth-order valence-electron chi connectivity index (χ4n) is 3.36. The standard InChI is InChI=1S/C18H24N2O3S/c1-3-18(20-11-13-23-14-12-20)19(2)24(21,22)17-10-6-8-15-7-4-5-9-16(15)17/h4-10,18H,3,11-14H2,1-2H3. The zero-order chi connectivity index (χ0) is 17.2. The minimum absolute atomic E-state index is 0.155. The molecule has 1 aliphatic heterocycles. The summed E-state index contributed by atoms with van der Waals surface area (Å²) in [6, 6.07) is 13.0. The van der Waals surface area contributed by atoms with Crippen molar-refractivity contribution >= 4 is 20.8 Å². The van der Waals surface area contributed by atoms with Gasteiger partial charge in [0.15, 0.2) is 0 Å². The van der Waals surface area contributed by atoms with Gasteiger partial charge in [0, 0.05) is 25.5 Å². The lowest BCUT2D eigenvalue weighted by Gasteiger charge is -2.38. The molecule has 0 spiro atoms. The average Bonchev–Trinajstić information content (AvgIpc) is 2.62. The van der Waals surface area contributed by atoms with Gasteiger partial charge in [0.2, 0.25) is 10.0 Å². The molecule has 1 fully saturated rings. The van der Waals surface area contributed by atoms with Crippen LogP contribution >= 0.6 is 0 Å². The molecule has 0 saturated carbocycles. The molecule has 0 aliphatic carbocycles. The smallest absolute Gasteiger partial charge is 0.244 e. The third-order valence-electron chi connectivity index (χ3n) is 4.66. The number of hydrogen-bond donors (Lipinski definition) is 0. The molecule has 0 amide bonds. The number of ether oxygens (including phenoxy) is 1. The molecule has 1 unspecified atom stereocenters. The van der Waals surface area contributed by atoms with E-state index in [0.717, 1.165) is 30.3 Å². The second kappa shape index (κ2) is 7.19. The van der Waals surface area contributed by atoms with Gasteiger partial charge in [-0.3, -0.25) is 4.90 Å². The van der Waals surface area contributed by atoms with E-state index in [0.29, 0.717) is 18.1 Å². The highest BCUT2D eigenvalue weighted by Crippen LogP contribution is 2.27. The highest BCUT2D eigenvalue weighted by Gasteiger charge is 2.32. The lowest BCUT2D eigenvalue weighted by Crippen LogP contribution is -2.52. The number of fused-ring (bicyclic) bond motifs is 1. The molecule has 1 atom stereocenters. The lowest BCUT2D eigenvalue weighted by atomic mass is 10.1. The van der Waals surface area contributed by atoms with E-state index in [2.05, 4.69) is 4.90 Å². The minimum atomic E-state index is -3.58. The second-order valence-corrected chi connectivity index (χ2v) is 8.00. The Labute approximate surface area is 143 Å². The number of morpholine rings is 1. The van der Waals surface area contributed by atoms with Crippen molar-refractivity contribution in [3.05, 3.63) is 42.5 Å². The Morgan fingerprint density at radius 3 is 2.50 bits per heavy atom. The number of rotatable bonds is 5. The van der Waals surface area contributed by atoms with Gasteiger partial charge in [-0.15, -0.1) is 0 Å². The Morgan fingerprint density at radius 2 is 1.79 bits per heavy atom. The molecule has 1 aliphatic rings.